The number of hydrogen-bond acceptors (Lipinski definition) is 4. The zero-order valence-corrected chi connectivity index (χ0v) is 13.9. The van der Waals surface area contributed by atoms with Crippen molar-refractivity contribution in [1.82, 2.24) is 5.32 Å². The second kappa shape index (κ2) is 7.54. The van der Waals surface area contributed by atoms with Gasteiger partial charge in [0.25, 0.3) is 5.91 Å². The van der Waals surface area contributed by atoms with Gasteiger partial charge in [-0.25, -0.2) is 0 Å². The molecule has 0 aliphatic rings. The maximum Gasteiger partial charge on any atom is 0.255 e. The molecule has 0 aromatic heterocycles. The Hall–Kier alpha value is -2.69. The van der Waals surface area contributed by atoms with E-state index in [1.54, 1.807) is 25.3 Å². The van der Waals surface area contributed by atoms with Crippen LogP contribution >= 0.6 is 0 Å². The topological polar surface area (TPSA) is 50.8 Å². The van der Waals surface area contributed by atoms with Gasteiger partial charge < -0.3 is 19.7 Å². The fourth-order valence-electron chi connectivity index (χ4n) is 2.18. The molecule has 0 bridgehead atoms. The largest absolute Gasteiger partial charge is 0.497 e. The number of ether oxygens (including phenoxy) is 2. The lowest BCUT2D eigenvalue weighted by molar-refractivity contribution is 0.0948. The first-order valence-corrected chi connectivity index (χ1v) is 7.31. The number of methoxy groups -OCH3 is 2. The van der Waals surface area contributed by atoms with Crippen LogP contribution in [0, 0.1) is 0 Å². The van der Waals surface area contributed by atoms with Crippen LogP contribution in [0.2, 0.25) is 0 Å². The van der Waals surface area contributed by atoms with Crippen LogP contribution in [0.15, 0.2) is 42.5 Å². The minimum absolute atomic E-state index is 0.179. The fourth-order valence-corrected chi connectivity index (χ4v) is 2.18. The highest BCUT2D eigenvalue weighted by Crippen LogP contribution is 2.24. The van der Waals surface area contributed by atoms with Gasteiger partial charge in [-0.05, 0) is 29.8 Å². The number of nitrogens with zero attached hydrogens (tertiary/aromatic N) is 1. The maximum atomic E-state index is 12.3. The minimum atomic E-state index is -0.179. The molecule has 0 saturated heterocycles. The number of amides is 1. The van der Waals surface area contributed by atoms with Crippen LogP contribution in [-0.4, -0.2) is 34.2 Å². The van der Waals surface area contributed by atoms with Crippen molar-refractivity contribution < 1.29 is 14.3 Å². The van der Waals surface area contributed by atoms with Crippen LogP contribution in [0.25, 0.3) is 0 Å². The molecule has 0 fully saturated rings. The third-order valence-electron chi connectivity index (χ3n) is 3.56. The second-order valence-electron chi connectivity index (χ2n) is 5.31. The number of hydrogen-bond donors (Lipinski definition) is 1. The van der Waals surface area contributed by atoms with Crippen LogP contribution in [0.3, 0.4) is 0 Å². The number of carbonyl (C=O) groups excluding carboxylic acids is 1. The predicted molar refractivity (Wildman–Crippen MR) is 91.5 cm³/mol. The minimum Gasteiger partial charge on any atom is -0.497 e. The molecule has 0 heterocycles. The number of nitrogens with one attached hydrogen (secondary N) is 1. The molecule has 0 unspecified atom stereocenters. The van der Waals surface area contributed by atoms with E-state index in [-0.39, 0.29) is 5.91 Å². The van der Waals surface area contributed by atoms with Crippen LogP contribution in [0.1, 0.15) is 15.9 Å². The summed E-state index contributed by atoms with van der Waals surface area (Å²) >= 11 is 0. The van der Waals surface area contributed by atoms with Gasteiger partial charge in [0.15, 0.2) is 0 Å². The van der Waals surface area contributed by atoms with Crippen LogP contribution in [0.5, 0.6) is 11.5 Å². The van der Waals surface area contributed by atoms with Gasteiger partial charge in [-0.2, -0.15) is 0 Å². The van der Waals surface area contributed by atoms with Gasteiger partial charge in [-0.3, -0.25) is 4.79 Å². The summed E-state index contributed by atoms with van der Waals surface area (Å²) in [7, 11) is 7.09. The van der Waals surface area contributed by atoms with E-state index in [1.807, 2.05) is 43.3 Å². The Morgan fingerprint density at radius 3 is 2.30 bits per heavy atom. The monoisotopic (exact) mass is 314 g/mol. The van der Waals surface area contributed by atoms with Gasteiger partial charge >= 0.3 is 0 Å². The third-order valence-corrected chi connectivity index (χ3v) is 3.56. The molecule has 2 aromatic carbocycles. The van der Waals surface area contributed by atoms with Gasteiger partial charge in [0.1, 0.15) is 11.5 Å². The molecule has 0 spiro atoms. The predicted octanol–water partition coefficient (Wildman–Crippen LogP) is 2.70. The summed E-state index contributed by atoms with van der Waals surface area (Å²) < 4.78 is 10.4. The lowest BCUT2D eigenvalue weighted by atomic mass is 10.1. The Balaban J connectivity index is 2.04. The average molecular weight is 314 g/mol. The van der Waals surface area contributed by atoms with E-state index in [1.165, 1.54) is 7.11 Å². The zero-order valence-electron chi connectivity index (χ0n) is 13.9. The normalized spacial score (nSPS) is 10.1. The van der Waals surface area contributed by atoms with Gasteiger partial charge in [-0.15, -0.1) is 0 Å². The molecular formula is C18H22N2O3. The molecule has 23 heavy (non-hydrogen) atoms. The molecule has 1 N–H and O–H groups in total. The van der Waals surface area contributed by atoms with Crippen molar-refractivity contribution in [2.75, 3.05) is 33.2 Å². The SMILES string of the molecule is COc1ccc(C(=O)NCc2ccc(N(C)C)cc2)c(OC)c1. The number of anilines is 1. The first-order chi connectivity index (χ1) is 11.0. The summed E-state index contributed by atoms with van der Waals surface area (Å²) in [5, 5.41) is 2.90. The molecular weight excluding hydrogens is 292 g/mol. The summed E-state index contributed by atoms with van der Waals surface area (Å²) in [4.78, 5) is 14.4. The Morgan fingerprint density at radius 2 is 1.74 bits per heavy atom. The Labute approximate surface area is 136 Å². The van der Waals surface area contributed by atoms with Crippen molar-refractivity contribution in [2.45, 2.75) is 6.54 Å². The van der Waals surface area contributed by atoms with Crippen LogP contribution in [0.4, 0.5) is 5.69 Å². The first-order valence-electron chi connectivity index (χ1n) is 7.31. The number of benzene rings is 2. The van der Waals surface area contributed by atoms with E-state index in [4.69, 9.17) is 9.47 Å². The van der Waals surface area contributed by atoms with Crippen molar-refractivity contribution >= 4 is 11.6 Å². The van der Waals surface area contributed by atoms with E-state index < -0.39 is 0 Å². The molecule has 5 nitrogen and oxygen atoms in total. The molecule has 2 aromatic rings. The summed E-state index contributed by atoms with van der Waals surface area (Å²) in [6.45, 7) is 0.460. The molecule has 0 radical (unpaired) electrons. The lowest BCUT2D eigenvalue weighted by Gasteiger charge is -2.13. The highest BCUT2D eigenvalue weighted by molar-refractivity contribution is 5.97. The molecule has 1 amide bonds. The summed E-state index contributed by atoms with van der Waals surface area (Å²) in [6, 6.07) is 13.2. The van der Waals surface area contributed by atoms with Crippen molar-refractivity contribution in [3.8, 4) is 11.5 Å². The van der Waals surface area contributed by atoms with Crippen molar-refractivity contribution in [2.24, 2.45) is 0 Å². The van der Waals surface area contributed by atoms with Crippen LogP contribution in [-0.2, 0) is 6.54 Å². The molecule has 0 atom stereocenters. The number of carbonyl (C=O) groups is 1. The van der Waals surface area contributed by atoms with E-state index in [9.17, 15) is 4.79 Å². The van der Waals surface area contributed by atoms with Gasteiger partial charge in [0.2, 0.25) is 0 Å². The molecule has 0 aliphatic carbocycles. The van der Waals surface area contributed by atoms with E-state index in [2.05, 4.69) is 5.32 Å². The summed E-state index contributed by atoms with van der Waals surface area (Å²) in [5.41, 5.74) is 2.64. The van der Waals surface area contributed by atoms with E-state index in [0.717, 1.165) is 11.3 Å². The average Bonchev–Trinajstić information content (AvgIpc) is 2.59. The summed E-state index contributed by atoms with van der Waals surface area (Å²) in [5.74, 6) is 0.962. The van der Waals surface area contributed by atoms with Crippen LogP contribution < -0.4 is 19.7 Å². The highest BCUT2D eigenvalue weighted by atomic mass is 16.5. The standard InChI is InChI=1S/C18H22N2O3/c1-20(2)14-7-5-13(6-8-14)12-19-18(21)16-10-9-15(22-3)11-17(16)23-4/h5-11H,12H2,1-4H3,(H,19,21). The van der Waals surface area contributed by atoms with Crippen molar-refractivity contribution in [3.63, 3.8) is 0 Å². The molecule has 5 heteroatoms. The smallest absolute Gasteiger partial charge is 0.255 e. The highest BCUT2D eigenvalue weighted by Gasteiger charge is 2.13. The molecule has 2 rings (SSSR count). The Morgan fingerprint density at radius 1 is 1.04 bits per heavy atom. The Bertz CT molecular complexity index is 666. The van der Waals surface area contributed by atoms with Gasteiger partial charge in [-0.1, -0.05) is 12.1 Å². The first kappa shape index (κ1) is 16.7. The fraction of sp³-hybridized carbons (Fsp3) is 0.278. The van der Waals surface area contributed by atoms with E-state index in [0.29, 0.717) is 23.6 Å². The molecule has 0 aliphatic heterocycles. The Kier molecular flexibility index (Phi) is 5.46. The van der Waals surface area contributed by atoms with Crippen molar-refractivity contribution in [3.05, 3.63) is 53.6 Å². The van der Waals surface area contributed by atoms with Gasteiger partial charge in [0, 0.05) is 32.4 Å². The van der Waals surface area contributed by atoms with Gasteiger partial charge in [0.05, 0.1) is 19.8 Å². The second-order valence-corrected chi connectivity index (χ2v) is 5.31. The molecule has 0 saturated carbocycles. The molecule has 122 valence electrons. The van der Waals surface area contributed by atoms with Crippen molar-refractivity contribution in [1.29, 1.82) is 0 Å². The third kappa shape index (κ3) is 4.16. The lowest BCUT2D eigenvalue weighted by Crippen LogP contribution is -2.23. The zero-order chi connectivity index (χ0) is 16.8. The number of rotatable bonds is 6. The van der Waals surface area contributed by atoms with E-state index >= 15 is 0 Å². The summed E-state index contributed by atoms with van der Waals surface area (Å²) in [6.07, 6.45) is 0. The quantitative estimate of drug-likeness (QED) is 0.891. The maximum absolute atomic E-state index is 12.3.